The van der Waals surface area contributed by atoms with Crippen molar-refractivity contribution < 1.29 is 22.8 Å². The molecule has 6 nitrogen and oxygen atoms in total. The van der Waals surface area contributed by atoms with Gasteiger partial charge >= 0.3 is 0 Å². The van der Waals surface area contributed by atoms with Crippen LogP contribution in [0, 0.1) is 11.6 Å². The van der Waals surface area contributed by atoms with Crippen molar-refractivity contribution in [1.29, 1.82) is 0 Å². The zero-order valence-corrected chi connectivity index (χ0v) is 18.6. The summed E-state index contributed by atoms with van der Waals surface area (Å²) in [6, 6.07) is 18.7. The lowest BCUT2D eigenvalue weighted by atomic mass is 10.1. The van der Waals surface area contributed by atoms with Crippen LogP contribution in [0.2, 0.25) is 0 Å². The van der Waals surface area contributed by atoms with E-state index in [1.807, 2.05) is 6.92 Å². The third-order valence-electron chi connectivity index (χ3n) is 5.27. The van der Waals surface area contributed by atoms with E-state index in [1.165, 1.54) is 36.4 Å². The Balaban J connectivity index is 1.45. The molecule has 1 aromatic heterocycles. The lowest BCUT2D eigenvalue weighted by Crippen LogP contribution is -2.14. The van der Waals surface area contributed by atoms with E-state index in [1.54, 1.807) is 43.4 Å². The van der Waals surface area contributed by atoms with E-state index < -0.39 is 0 Å². The van der Waals surface area contributed by atoms with Gasteiger partial charge in [-0.05, 0) is 61.0 Å². The average molecular weight is 463 g/mol. The predicted octanol–water partition coefficient (Wildman–Crippen LogP) is 6.19. The first-order valence-electron chi connectivity index (χ1n) is 10.6. The molecule has 34 heavy (non-hydrogen) atoms. The Bertz CT molecular complexity index is 1270. The topological polar surface area (TPSA) is 76.4 Å². The number of carbonyl (C=O) groups excluding carboxylic acids is 1. The zero-order valence-electron chi connectivity index (χ0n) is 18.6. The van der Waals surface area contributed by atoms with Crippen LogP contribution in [-0.4, -0.2) is 18.1 Å². The summed E-state index contributed by atoms with van der Waals surface area (Å²) >= 11 is 0. The summed E-state index contributed by atoms with van der Waals surface area (Å²) in [5, 5.41) is 9.91. The van der Waals surface area contributed by atoms with Gasteiger partial charge in [-0.3, -0.25) is 4.79 Å². The molecule has 0 radical (unpaired) electrons. The van der Waals surface area contributed by atoms with Gasteiger partial charge in [-0.25, -0.2) is 8.78 Å². The third kappa shape index (κ3) is 5.47. The molecule has 0 saturated heterocycles. The molecule has 1 heterocycles. The highest BCUT2D eigenvalue weighted by Crippen LogP contribution is 2.29. The fourth-order valence-corrected chi connectivity index (χ4v) is 3.34. The molecule has 0 aliphatic heterocycles. The molecule has 3 aromatic carbocycles. The molecule has 1 amide bonds. The Hall–Kier alpha value is -4.04. The van der Waals surface area contributed by atoms with Crippen molar-refractivity contribution in [2.45, 2.75) is 19.6 Å². The molecule has 0 bridgehead atoms. The van der Waals surface area contributed by atoms with Crippen molar-refractivity contribution >= 4 is 17.3 Å². The molecule has 0 aliphatic carbocycles. The summed E-state index contributed by atoms with van der Waals surface area (Å²) in [4.78, 5) is 12.7. The minimum atomic E-state index is -0.375. The minimum absolute atomic E-state index is 0.295. The first kappa shape index (κ1) is 23.1. The second-order valence-corrected chi connectivity index (χ2v) is 7.67. The number of halogens is 2. The smallest absolute Gasteiger partial charge is 0.257 e. The summed E-state index contributed by atoms with van der Waals surface area (Å²) in [7, 11) is 1.72. The van der Waals surface area contributed by atoms with Crippen molar-refractivity contribution in [1.82, 2.24) is 5.16 Å². The van der Waals surface area contributed by atoms with Crippen molar-refractivity contribution in [3.05, 3.63) is 101 Å². The number of nitrogens with one attached hydrogen (secondary N) is 2. The van der Waals surface area contributed by atoms with Crippen LogP contribution in [0.4, 0.5) is 20.2 Å². The van der Waals surface area contributed by atoms with E-state index >= 15 is 0 Å². The van der Waals surface area contributed by atoms with Gasteiger partial charge in [0.15, 0.2) is 5.76 Å². The number of benzene rings is 3. The summed E-state index contributed by atoms with van der Waals surface area (Å²) in [6.45, 7) is 2.15. The van der Waals surface area contributed by atoms with Crippen LogP contribution in [0.3, 0.4) is 0 Å². The van der Waals surface area contributed by atoms with Crippen LogP contribution in [0.1, 0.15) is 34.7 Å². The van der Waals surface area contributed by atoms with Gasteiger partial charge < -0.3 is 19.9 Å². The molecule has 4 aromatic rings. The Morgan fingerprint density at radius 3 is 2.35 bits per heavy atom. The highest BCUT2D eigenvalue weighted by atomic mass is 19.1. The highest BCUT2D eigenvalue weighted by molar-refractivity contribution is 6.08. The number of aromatic nitrogens is 1. The molecule has 0 unspecified atom stereocenters. The van der Waals surface area contributed by atoms with Crippen LogP contribution < -0.4 is 10.6 Å². The minimum Gasteiger partial charge on any atom is -0.387 e. The van der Waals surface area contributed by atoms with Gasteiger partial charge in [-0.2, -0.15) is 0 Å². The maximum Gasteiger partial charge on any atom is 0.257 e. The summed E-state index contributed by atoms with van der Waals surface area (Å²) in [5.41, 5.74) is 3.71. The maximum atomic E-state index is 13.1. The van der Waals surface area contributed by atoms with Crippen molar-refractivity contribution in [3.63, 3.8) is 0 Å². The van der Waals surface area contributed by atoms with Crippen molar-refractivity contribution in [2.24, 2.45) is 0 Å². The van der Waals surface area contributed by atoms with E-state index in [0.717, 1.165) is 11.1 Å². The Kier molecular flexibility index (Phi) is 6.98. The summed E-state index contributed by atoms with van der Waals surface area (Å²) in [5.74, 6) is -0.454. The van der Waals surface area contributed by atoms with Crippen molar-refractivity contribution in [2.75, 3.05) is 17.7 Å². The molecular formula is C26H23F2N3O3. The number of hydrogen-bond donors (Lipinski definition) is 2. The number of nitrogens with zero attached hydrogens (tertiary/aromatic N) is 1. The van der Waals surface area contributed by atoms with E-state index in [-0.39, 0.29) is 23.6 Å². The number of anilines is 2. The molecule has 8 heteroatoms. The molecule has 2 N–H and O–H groups in total. The molecule has 1 atom stereocenters. The molecule has 174 valence electrons. The van der Waals surface area contributed by atoms with Crippen molar-refractivity contribution in [3.8, 4) is 11.3 Å². The van der Waals surface area contributed by atoms with Gasteiger partial charge in [0.1, 0.15) is 23.4 Å². The zero-order chi connectivity index (χ0) is 24.1. The van der Waals surface area contributed by atoms with Gasteiger partial charge in [0.25, 0.3) is 5.91 Å². The molecule has 0 aliphatic rings. The fourth-order valence-electron chi connectivity index (χ4n) is 3.34. The van der Waals surface area contributed by atoms with Crippen LogP contribution in [0.25, 0.3) is 11.3 Å². The Morgan fingerprint density at radius 1 is 1.00 bits per heavy atom. The first-order valence-corrected chi connectivity index (χ1v) is 10.6. The molecular weight excluding hydrogens is 440 g/mol. The number of hydrogen-bond acceptors (Lipinski definition) is 5. The monoisotopic (exact) mass is 463 g/mol. The Morgan fingerprint density at radius 2 is 1.68 bits per heavy atom. The molecule has 4 rings (SSSR count). The maximum absolute atomic E-state index is 13.1. The van der Waals surface area contributed by atoms with Crippen LogP contribution in [-0.2, 0) is 11.3 Å². The summed E-state index contributed by atoms with van der Waals surface area (Å²) < 4.78 is 37.4. The number of ether oxygens (including phenoxy) is 1. The number of rotatable bonds is 8. The number of carbonyl (C=O) groups is 1. The van der Waals surface area contributed by atoms with Gasteiger partial charge in [-0.1, -0.05) is 23.4 Å². The lowest BCUT2D eigenvalue weighted by molar-refractivity contribution is 0.0342. The Labute approximate surface area is 195 Å². The SMILES string of the molecule is CNc1cc(-c2cc([C@@H](C)OCc3ccc(F)cc3)on2)ccc1C(=O)Nc1ccc(F)cc1. The van der Waals surface area contributed by atoms with Gasteiger partial charge in [-0.15, -0.1) is 0 Å². The summed E-state index contributed by atoms with van der Waals surface area (Å²) in [6.07, 6.45) is -0.365. The van der Waals surface area contributed by atoms with Gasteiger partial charge in [0.05, 0.1) is 12.2 Å². The largest absolute Gasteiger partial charge is 0.387 e. The molecule has 0 spiro atoms. The second kappa shape index (κ2) is 10.3. The van der Waals surface area contributed by atoms with E-state index in [4.69, 9.17) is 9.26 Å². The molecule has 0 saturated carbocycles. The normalized spacial score (nSPS) is 11.8. The molecule has 0 fully saturated rings. The van der Waals surface area contributed by atoms with Crippen LogP contribution >= 0.6 is 0 Å². The number of amides is 1. The van der Waals surface area contributed by atoms with E-state index in [0.29, 0.717) is 35.0 Å². The standard InChI is InChI=1S/C26H23F2N3O3/c1-16(33-15-17-3-6-19(27)7-4-17)25-14-23(31-34-25)18-5-12-22(24(13-18)29-2)26(32)30-21-10-8-20(28)9-11-21/h3-14,16,29H,15H2,1-2H3,(H,30,32)/t16-/m1/s1. The van der Waals surface area contributed by atoms with Crippen LogP contribution in [0.15, 0.2) is 77.3 Å². The second-order valence-electron chi connectivity index (χ2n) is 7.67. The predicted molar refractivity (Wildman–Crippen MR) is 125 cm³/mol. The highest BCUT2D eigenvalue weighted by Gasteiger charge is 2.17. The van der Waals surface area contributed by atoms with Crippen LogP contribution in [0.5, 0.6) is 0 Å². The first-order chi connectivity index (χ1) is 16.4. The van der Waals surface area contributed by atoms with Gasteiger partial charge in [0, 0.05) is 30.1 Å². The van der Waals surface area contributed by atoms with E-state index in [9.17, 15) is 13.6 Å². The quantitative estimate of drug-likeness (QED) is 0.326. The average Bonchev–Trinajstić information content (AvgIpc) is 3.35. The van der Waals surface area contributed by atoms with E-state index in [2.05, 4.69) is 15.8 Å². The van der Waals surface area contributed by atoms with Gasteiger partial charge in [0.2, 0.25) is 0 Å². The lowest BCUT2D eigenvalue weighted by Gasteiger charge is -2.11. The third-order valence-corrected chi connectivity index (χ3v) is 5.27. The fraction of sp³-hybridized carbons (Fsp3) is 0.154.